The first-order chi connectivity index (χ1) is 12.1. The molecule has 0 radical (unpaired) electrons. The summed E-state index contributed by atoms with van der Waals surface area (Å²) < 4.78 is 24.5. The number of hydrogen-bond donors (Lipinski definition) is 2. The molecule has 0 atom stereocenters. The summed E-state index contributed by atoms with van der Waals surface area (Å²) in [7, 11) is -3.73. The fourth-order valence-electron chi connectivity index (χ4n) is 2.81. The predicted octanol–water partition coefficient (Wildman–Crippen LogP) is 2.37. The van der Waals surface area contributed by atoms with E-state index < -0.39 is 10.0 Å². The van der Waals surface area contributed by atoms with Crippen molar-refractivity contribution in [3.05, 3.63) is 41.2 Å². The molecule has 142 valence electrons. The van der Waals surface area contributed by atoms with Crippen LogP contribution in [-0.2, 0) is 27.8 Å². The third-order valence-electron chi connectivity index (χ3n) is 4.14. The second-order valence-corrected chi connectivity index (χ2v) is 8.40. The summed E-state index contributed by atoms with van der Waals surface area (Å²) in [6.07, 6.45) is 0.933. The van der Waals surface area contributed by atoms with Crippen LogP contribution < -0.4 is 10.5 Å². The Bertz CT molecular complexity index is 884. The Morgan fingerprint density at radius 2 is 1.85 bits per heavy atom. The minimum Gasteiger partial charge on any atom is -0.326 e. The van der Waals surface area contributed by atoms with E-state index in [9.17, 15) is 13.2 Å². The highest BCUT2D eigenvalue weighted by Gasteiger charge is 2.14. The zero-order chi connectivity index (χ0) is 19.5. The van der Waals surface area contributed by atoms with Crippen molar-refractivity contribution in [1.82, 2.24) is 9.78 Å². The van der Waals surface area contributed by atoms with Gasteiger partial charge in [-0.1, -0.05) is 13.8 Å². The number of nitrogens with two attached hydrogens (primary N) is 1. The second-order valence-electron chi connectivity index (χ2n) is 6.84. The van der Waals surface area contributed by atoms with Crippen molar-refractivity contribution in [2.45, 2.75) is 52.0 Å². The van der Waals surface area contributed by atoms with E-state index in [1.165, 1.54) is 24.3 Å². The number of carbonyl (C=O) groups is 1. The number of nitrogens with zero attached hydrogens (tertiary/aromatic N) is 2. The van der Waals surface area contributed by atoms with Crippen LogP contribution >= 0.6 is 0 Å². The first kappa shape index (κ1) is 20.1. The minimum absolute atomic E-state index is 0.0133. The highest BCUT2D eigenvalue weighted by Crippen LogP contribution is 2.18. The maximum Gasteiger partial charge on any atom is 0.238 e. The Hall–Kier alpha value is -2.19. The van der Waals surface area contributed by atoms with Crippen molar-refractivity contribution < 1.29 is 13.2 Å². The molecule has 2 aromatic rings. The average molecular weight is 378 g/mol. The van der Waals surface area contributed by atoms with E-state index >= 15 is 0 Å². The van der Waals surface area contributed by atoms with Crippen LogP contribution in [-0.4, -0.2) is 24.1 Å². The molecule has 3 N–H and O–H groups in total. The molecule has 0 saturated carbocycles. The lowest BCUT2D eigenvalue weighted by molar-refractivity contribution is -0.116. The van der Waals surface area contributed by atoms with E-state index in [4.69, 9.17) is 5.14 Å². The molecule has 1 heterocycles. The second kappa shape index (κ2) is 8.01. The first-order valence-corrected chi connectivity index (χ1v) is 10.1. The summed E-state index contributed by atoms with van der Waals surface area (Å²) in [5, 5.41) is 12.4. The molecule has 1 aromatic heterocycles. The first-order valence-electron chi connectivity index (χ1n) is 8.53. The Morgan fingerprint density at radius 1 is 1.23 bits per heavy atom. The van der Waals surface area contributed by atoms with Gasteiger partial charge in [0.15, 0.2) is 0 Å². The summed E-state index contributed by atoms with van der Waals surface area (Å²) >= 11 is 0. The highest BCUT2D eigenvalue weighted by molar-refractivity contribution is 7.89. The average Bonchev–Trinajstić information content (AvgIpc) is 2.78. The fraction of sp³-hybridized carbons (Fsp3) is 0.444. The van der Waals surface area contributed by atoms with Gasteiger partial charge >= 0.3 is 0 Å². The molecule has 0 aliphatic rings. The van der Waals surface area contributed by atoms with Gasteiger partial charge in [0.05, 0.1) is 10.6 Å². The van der Waals surface area contributed by atoms with Gasteiger partial charge < -0.3 is 5.32 Å². The largest absolute Gasteiger partial charge is 0.326 e. The normalized spacial score (nSPS) is 11.8. The monoisotopic (exact) mass is 378 g/mol. The van der Waals surface area contributed by atoms with Crippen molar-refractivity contribution in [3.63, 3.8) is 0 Å². The molecule has 0 spiro atoms. The summed E-state index contributed by atoms with van der Waals surface area (Å²) in [5.41, 5.74) is 3.69. The summed E-state index contributed by atoms with van der Waals surface area (Å²) in [5.74, 6) is 0.369. The van der Waals surface area contributed by atoms with Crippen LogP contribution in [0.3, 0.4) is 0 Å². The van der Waals surface area contributed by atoms with Gasteiger partial charge in [-0.15, -0.1) is 0 Å². The van der Waals surface area contributed by atoms with E-state index in [0.717, 1.165) is 23.5 Å². The van der Waals surface area contributed by atoms with Gasteiger partial charge in [-0.2, -0.15) is 5.10 Å². The topological polar surface area (TPSA) is 107 Å². The lowest BCUT2D eigenvalue weighted by Crippen LogP contribution is -2.14. The van der Waals surface area contributed by atoms with E-state index in [-0.39, 0.29) is 10.8 Å². The third kappa shape index (κ3) is 5.15. The molecular weight excluding hydrogens is 352 g/mol. The molecule has 0 saturated heterocycles. The maximum absolute atomic E-state index is 12.2. The van der Waals surface area contributed by atoms with Crippen LogP contribution in [0.4, 0.5) is 5.69 Å². The van der Waals surface area contributed by atoms with Gasteiger partial charge in [-0.3, -0.25) is 9.48 Å². The van der Waals surface area contributed by atoms with Crippen molar-refractivity contribution in [2.24, 2.45) is 11.1 Å². The predicted molar refractivity (Wildman–Crippen MR) is 101 cm³/mol. The standard InChI is InChI=1S/C18H26N4O3S/c1-12(2)11-22-14(4)17(13(3)21-22)9-10-18(23)20-15-5-7-16(8-6-15)26(19,24)25/h5-8,12H,9-11H2,1-4H3,(H,20,23)(H2,19,24,25). The number of anilines is 1. The molecular formula is C18H26N4O3S. The van der Waals surface area contributed by atoms with Crippen LogP contribution in [0.15, 0.2) is 29.2 Å². The molecule has 1 aromatic carbocycles. The number of rotatable bonds is 7. The quantitative estimate of drug-likeness (QED) is 0.771. The van der Waals surface area contributed by atoms with Crippen molar-refractivity contribution in [1.29, 1.82) is 0 Å². The maximum atomic E-state index is 12.2. The van der Waals surface area contributed by atoms with E-state index in [1.807, 2.05) is 18.5 Å². The van der Waals surface area contributed by atoms with Gasteiger partial charge in [0.2, 0.25) is 15.9 Å². The summed E-state index contributed by atoms with van der Waals surface area (Å²) in [6.45, 7) is 9.13. The Balaban J connectivity index is 1.98. The van der Waals surface area contributed by atoms with Crippen LogP contribution in [0.1, 0.15) is 37.2 Å². The number of benzene rings is 1. The lowest BCUT2D eigenvalue weighted by atomic mass is 10.1. The number of hydrogen-bond acceptors (Lipinski definition) is 4. The summed E-state index contributed by atoms with van der Waals surface area (Å²) in [6, 6.07) is 5.79. The number of aromatic nitrogens is 2. The van der Waals surface area contributed by atoms with E-state index in [2.05, 4.69) is 24.3 Å². The van der Waals surface area contributed by atoms with Crippen LogP contribution in [0.2, 0.25) is 0 Å². The number of primary sulfonamides is 1. The molecule has 0 bridgehead atoms. The number of amides is 1. The minimum atomic E-state index is -3.73. The van der Waals surface area contributed by atoms with Crippen LogP contribution in [0, 0.1) is 19.8 Å². The number of aryl methyl sites for hydroxylation is 1. The molecule has 0 aliphatic carbocycles. The molecule has 8 heteroatoms. The van der Waals surface area contributed by atoms with E-state index in [1.54, 1.807) is 0 Å². The molecule has 0 fully saturated rings. The SMILES string of the molecule is Cc1nn(CC(C)C)c(C)c1CCC(=O)Nc1ccc(S(N)(=O)=O)cc1. The van der Waals surface area contributed by atoms with Gasteiger partial charge in [0.1, 0.15) is 0 Å². The molecule has 0 unspecified atom stereocenters. The lowest BCUT2D eigenvalue weighted by Gasteiger charge is -2.08. The number of carbonyl (C=O) groups excluding carboxylic acids is 1. The van der Waals surface area contributed by atoms with Gasteiger partial charge in [0.25, 0.3) is 0 Å². The Kier molecular flexibility index (Phi) is 6.20. The van der Waals surface area contributed by atoms with Crippen molar-refractivity contribution >= 4 is 21.6 Å². The van der Waals surface area contributed by atoms with Gasteiger partial charge in [0, 0.05) is 24.3 Å². The molecule has 1 amide bonds. The van der Waals surface area contributed by atoms with Crippen molar-refractivity contribution in [2.75, 3.05) is 5.32 Å². The number of sulfonamides is 1. The van der Waals surface area contributed by atoms with Crippen LogP contribution in [0.25, 0.3) is 0 Å². The molecule has 0 aliphatic heterocycles. The Morgan fingerprint density at radius 3 is 2.38 bits per heavy atom. The number of nitrogens with one attached hydrogen (secondary N) is 1. The Labute approximate surface area is 154 Å². The van der Waals surface area contributed by atoms with Crippen LogP contribution in [0.5, 0.6) is 0 Å². The zero-order valence-electron chi connectivity index (χ0n) is 15.6. The van der Waals surface area contributed by atoms with E-state index in [0.29, 0.717) is 24.4 Å². The third-order valence-corrected chi connectivity index (χ3v) is 5.07. The zero-order valence-corrected chi connectivity index (χ0v) is 16.4. The molecule has 26 heavy (non-hydrogen) atoms. The summed E-state index contributed by atoms with van der Waals surface area (Å²) in [4.78, 5) is 12.2. The smallest absolute Gasteiger partial charge is 0.238 e. The molecule has 7 nitrogen and oxygen atoms in total. The fourth-order valence-corrected chi connectivity index (χ4v) is 3.32. The van der Waals surface area contributed by atoms with Crippen molar-refractivity contribution in [3.8, 4) is 0 Å². The molecule has 2 rings (SSSR count). The van der Waals surface area contributed by atoms with Gasteiger partial charge in [-0.05, 0) is 56.0 Å². The highest BCUT2D eigenvalue weighted by atomic mass is 32.2. The van der Waals surface area contributed by atoms with Gasteiger partial charge in [-0.25, -0.2) is 13.6 Å².